The summed E-state index contributed by atoms with van der Waals surface area (Å²) in [6.45, 7) is 1.46. The van der Waals surface area contributed by atoms with E-state index in [0.29, 0.717) is 31.1 Å². The third kappa shape index (κ3) is 4.71. The lowest BCUT2D eigenvalue weighted by molar-refractivity contribution is -0.122. The second kappa shape index (κ2) is 9.13. The molecule has 0 bridgehead atoms. The molecule has 1 atom stereocenters. The van der Waals surface area contributed by atoms with Gasteiger partial charge in [-0.2, -0.15) is 5.10 Å². The Morgan fingerprint density at radius 2 is 2.07 bits per heavy atom. The SMILES string of the molecule is O=C(Nc1cccc(OCCn2cccn2)c1)[C@H]1CC(=O)N(c2ccccc2Br)C1. The molecule has 30 heavy (non-hydrogen) atoms. The number of carbonyl (C=O) groups is 2. The first-order valence-corrected chi connectivity index (χ1v) is 10.5. The number of para-hydroxylation sites is 1. The van der Waals surface area contributed by atoms with Crippen LogP contribution in [0.1, 0.15) is 6.42 Å². The highest BCUT2D eigenvalue weighted by Gasteiger charge is 2.35. The Kier molecular flexibility index (Phi) is 6.13. The molecule has 1 aromatic heterocycles. The van der Waals surface area contributed by atoms with Gasteiger partial charge in [-0.15, -0.1) is 0 Å². The molecule has 7 nitrogen and oxygen atoms in total. The Balaban J connectivity index is 1.35. The van der Waals surface area contributed by atoms with Crippen LogP contribution < -0.4 is 15.0 Å². The largest absolute Gasteiger partial charge is 0.492 e. The van der Waals surface area contributed by atoms with Crippen molar-refractivity contribution in [2.45, 2.75) is 13.0 Å². The van der Waals surface area contributed by atoms with Crippen molar-refractivity contribution >= 4 is 39.1 Å². The molecule has 0 spiro atoms. The lowest BCUT2D eigenvalue weighted by Crippen LogP contribution is -2.28. The lowest BCUT2D eigenvalue weighted by atomic mass is 10.1. The van der Waals surface area contributed by atoms with Gasteiger partial charge in [0.1, 0.15) is 12.4 Å². The average Bonchev–Trinajstić information content (AvgIpc) is 3.39. The van der Waals surface area contributed by atoms with Crippen molar-refractivity contribution in [2.24, 2.45) is 5.92 Å². The van der Waals surface area contributed by atoms with Crippen molar-refractivity contribution in [2.75, 3.05) is 23.4 Å². The fourth-order valence-corrected chi connectivity index (χ4v) is 3.88. The van der Waals surface area contributed by atoms with Gasteiger partial charge in [0.2, 0.25) is 11.8 Å². The van der Waals surface area contributed by atoms with Crippen LogP contribution in [0.2, 0.25) is 0 Å². The van der Waals surface area contributed by atoms with Gasteiger partial charge in [-0.25, -0.2) is 0 Å². The van der Waals surface area contributed by atoms with Crippen molar-refractivity contribution in [3.05, 3.63) is 71.5 Å². The van der Waals surface area contributed by atoms with Gasteiger partial charge in [0.15, 0.2) is 0 Å². The van der Waals surface area contributed by atoms with Crippen LogP contribution >= 0.6 is 15.9 Å². The van der Waals surface area contributed by atoms with Crippen LogP contribution in [0.3, 0.4) is 0 Å². The monoisotopic (exact) mass is 468 g/mol. The number of nitrogens with one attached hydrogen (secondary N) is 1. The number of anilines is 2. The minimum absolute atomic E-state index is 0.0576. The van der Waals surface area contributed by atoms with Crippen LogP contribution in [0.15, 0.2) is 71.5 Å². The molecule has 0 unspecified atom stereocenters. The molecule has 154 valence electrons. The van der Waals surface area contributed by atoms with Gasteiger partial charge in [-0.3, -0.25) is 14.3 Å². The first kappa shape index (κ1) is 20.2. The molecule has 1 aliphatic rings. The number of ether oxygens (including phenoxy) is 1. The predicted octanol–water partition coefficient (Wildman–Crippen LogP) is 3.72. The summed E-state index contributed by atoms with van der Waals surface area (Å²) >= 11 is 3.47. The molecule has 0 radical (unpaired) electrons. The van der Waals surface area contributed by atoms with Crippen molar-refractivity contribution in [3.8, 4) is 5.75 Å². The minimum Gasteiger partial charge on any atom is -0.492 e. The molecule has 2 amide bonds. The molecular formula is C22H21BrN4O3. The zero-order chi connectivity index (χ0) is 20.9. The molecule has 1 fully saturated rings. The van der Waals surface area contributed by atoms with E-state index in [0.717, 1.165) is 10.2 Å². The van der Waals surface area contributed by atoms with E-state index in [2.05, 4.69) is 26.3 Å². The van der Waals surface area contributed by atoms with Crippen LogP contribution in [0.25, 0.3) is 0 Å². The van der Waals surface area contributed by atoms with Crippen molar-refractivity contribution in [3.63, 3.8) is 0 Å². The molecule has 0 saturated carbocycles. The summed E-state index contributed by atoms with van der Waals surface area (Å²) in [5.41, 5.74) is 1.42. The van der Waals surface area contributed by atoms with Crippen molar-refractivity contribution < 1.29 is 14.3 Å². The van der Waals surface area contributed by atoms with Crippen LogP contribution in [-0.2, 0) is 16.1 Å². The Labute approximate surface area is 182 Å². The third-order valence-corrected chi connectivity index (χ3v) is 5.56. The van der Waals surface area contributed by atoms with E-state index in [1.54, 1.807) is 27.9 Å². The van der Waals surface area contributed by atoms with Gasteiger partial charge in [0, 0.05) is 41.6 Å². The second-order valence-electron chi connectivity index (χ2n) is 6.99. The number of halogens is 1. The van der Waals surface area contributed by atoms with Crippen LogP contribution in [0.5, 0.6) is 5.75 Å². The van der Waals surface area contributed by atoms with Gasteiger partial charge in [-0.05, 0) is 46.3 Å². The van der Waals surface area contributed by atoms with E-state index in [1.807, 2.05) is 48.7 Å². The van der Waals surface area contributed by atoms with Crippen molar-refractivity contribution in [1.29, 1.82) is 0 Å². The Bertz CT molecular complexity index is 1040. The van der Waals surface area contributed by atoms with Crippen LogP contribution in [0, 0.1) is 5.92 Å². The van der Waals surface area contributed by atoms with Gasteiger partial charge in [0.05, 0.1) is 18.2 Å². The first-order valence-electron chi connectivity index (χ1n) is 9.66. The maximum Gasteiger partial charge on any atom is 0.229 e. The van der Waals surface area contributed by atoms with Crippen molar-refractivity contribution in [1.82, 2.24) is 9.78 Å². The molecule has 3 aromatic rings. The summed E-state index contributed by atoms with van der Waals surface area (Å²) in [7, 11) is 0. The average molecular weight is 469 g/mol. The van der Waals surface area contributed by atoms with E-state index in [1.165, 1.54) is 0 Å². The number of hydrogen-bond acceptors (Lipinski definition) is 4. The summed E-state index contributed by atoms with van der Waals surface area (Å²) in [6, 6.07) is 16.6. The molecule has 2 heterocycles. The third-order valence-electron chi connectivity index (χ3n) is 4.89. The number of benzene rings is 2. The van der Waals surface area contributed by atoms with Gasteiger partial charge < -0.3 is 15.0 Å². The van der Waals surface area contributed by atoms with E-state index < -0.39 is 5.92 Å². The number of rotatable bonds is 7. The standard InChI is InChI=1S/C22H21BrN4O3/c23-19-7-1-2-8-20(19)27-15-16(13-21(27)28)22(29)25-17-5-3-6-18(14-17)30-12-11-26-10-4-9-24-26/h1-10,14,16H,11-13,15H2,(H,25,29)/t16-/m0/s1. The quantitative estimate of drug-likeness (QED) is 0.573. The molecule has 0 aliphatic carbocycles. The topological polar surface area (TPSA) is 76.5 Å². The lowest BCUT2D eigenvalue weighted by Gasteiger charge is -2.18. The Morgan fingerprint density at radius 1 is 1.20 bits per heavy atom. The number of nitrogens with zero attached hydrogens (tertiary/aromatic N) is 3. The number of hydrogen-bond donors (Lipinski definition) is 1. The maximum absolute atomic E-state index is 12.7. The zero-order valence-corrected chi connectivity index (χ0v) is 17.8. The Morgan fingerprint density at radius 3 is 2.87 bits per heavy atom. The van der Waals surface area contributed by atoms with E-state index in [-0.39, 0.29) is 18.2 Å². The van der Waals surface area contributed by atoms with E-state index in [4.69, 9.17) is 4.74 Å². The van der Waals surface area contributed by atoms with Crippen LogP contribution in [-0.4, -0.2) is 34.7 Å². The fraction of sp³-hybridized carbons (Fsp3) is 0.227. The molecule has 8 heteroatoms. The molecule has 1 N–H and O–H groups in total. The summed E-state index contributed by atoms with van der Waals surface area (Å²) in [5, 5.41) is 7.04. The fourth-order valence-electron chi connectivity index (χ4n) is 3.38. The van der Waals surface area contributed by atoms with E-state index >= 15 is 0 Å². The Hall–Kier alpha value is -3.13. The molecule has 1 saturated heterocycles. The highest BCUT2D eigenvalue weighted by Crippen LogP contribution is 2.31. The summed E-state index contributed by atoms with van der Waals surface area (Å²) < 4.78 is 8.38. The highest BCUT2D eigenvalue weighted by atomic mass is 79.9. The maximum atomic E-state index is 12.7. The summed E-state index contributed by atoms with van der Waals surface area (Å²) in [5.74, 6) is 0.0237. The summed E-state index contributed by atoms with van der Waals surface area (Å²) in [4.78, 5) is 26.9. The number of aromatic nitrogens is 2. The highest BCUT2D eigenvalue weighted by molar-refractivity contribution is 9.10. The zero-order valence-electron chi connectivity index (χ0n) is 16.2. The number of amides is 2. The summed E-state index contributed by atoms with van der Waals surface area (Å²) in [6.07, 6.45) is 3.79. The molecule has 2 aromatic carbocycles. The van der Waals surface area contributed by atoms with Gasteiger partial charge in [-0.1, -0.05) is 18.2 Å². The molecule has 4 rings (SSSR count). The van der Waals surface area contributed by atoms with Gasteiger partial charge in [0.25, 0.3) is 0 Å². The normalized spacial score (nSPS) is 16.0. The first-order chi connectivity index (χ1) is 14.6. The smallest absolute Gasteiger partial charge is 0.229 e. The predicted molar refractivity (Wildman–Crippen MR) is 117 cm³/mol. The second-order valence-corrected chi connectivity index (χ2v) is 7.85. The molecular weight excluding hydrogens is 448 g/mol. The van der Waals surface area contributed by atoms with Crippen LogP contribution in [0.4, 0.5) is 11.4 Å². The van der Waals surface area contributed by atoms with E-state index in [9.17, 15) is 9.59 Å². The van der Waals surface area contributed by atoms with Gasteiger partial charge >= 0.3 is 0 Å². The minimum atomic E-state index is -0.408. The molecule has 1 aliphatic heterocycles. The number of carbonyl (C=O) groups excluding carboxylic acids is 2.